The second kappa shape index (κ2) is 12.4. The molecule has 2 saturated heterocycles. The molecule has 224 valence electrons. The number of nitrogens with zero attached hydrogens (tertiary/aromatic N) is 4. The maximum Gasteiger partial charge on any atom is 0.338 e. The summed E-state index contributed by atoms with van der Waals surface area (Å²) in [5.74, 6) is -4.49. The summed E-state index contributed by atoms with van der Waals surface area (Å²) in [4.78, 5) is 37.9. The maximum atomic E-state index is 15.5. The molecule has 1 aromatic heterocycles. The average Bonchev–Trinajstić information content (AvgIpc) is 3.68. The molecule has 9 nitrogen and oxygen atoms in total. The summed E-state index contributed by atoms with van der Waals surface area (Å²) in [5, 5.41) is 5.48. The molecule has 3 aliphatic heterocycles. The molecule has 42 heavy (non-hydrogen) atoms. The first-order valence-corrected chi connectivity index (χ1v) is 14.5. The molecule has 0 radical (unpaired) electrons. The van der Waals surface area contributed by atoms with E-state index in [1.54, 1.807) is 42.5 Å². The summed E-state index contributed by atoms with van der Waals surface area (Å²) in [5.41, 5.74) is 1.24. The van der Waals surface area contributed by atoms with Crippen LogP contribution in [0.25, 0.3) is 0 Å². The number of amidine groups is 1. The zero-order chi connectivity index (χ0) is 30.0. The van der Waals surface area contributed by atoms with Gasteiger partial charge in [0.15, 0.2) is 10.8 Å². The van der Waals surface area contributed by atoms with E-state index in [2.05, 4.69) is 16.9 Å². The molecule has 2 fully saturated rings. The van der Waals surface area contributed by atoms with E-state index in [9.17, 15) is 14.0 Å². The van der Waals surface area contributed by atoms with Gasteiger partial charge in [0.05, 0.1) is 31.3 Å². The van der Waals surface area contributed by atoms with Crippen molar-refractivity contribution in [2.45, 2.75) is 44.3 Å². The van der Waals surface area contributed by atoms with Crippen LogP contribution in [0.4, 0.5) is 13.2 Å². The Hall–Kier alpha value is -3.55. The smallest absolute Gasteiger partial charge is 0.338 e. The van der Waals surface area contributed by atoms with E-state index < -0.39 is 48.3 Å². The second-order valence-electron chi connectivity index (χ2n) is 10.3. The Balaban J connectivity index is 1.51. The van der Waals surface area contributed by atoms with Gasteiger partial charge in [-0.3, -0.25) is 19.6 Å². The van der Waals surface area contributed by atoms with Gasteiger partial charge in [-0.25, -0.2) is 22.9 Å². The lowest BCUT2D eigenvalue weighted by Crippen LogP contribution is -2.47. The highest BCUT2D eigenvalue weighted by molar-refractivity contribution is 7.11. The summed E-state index contributed by atoms with van der Waals surface area (Å²) >= 11 is 1.32. The normalized spacial score (nSPS) is 23.7. The highest BCUT2D eigenvalue weighted by Gasteiger charge is 2.59. The number of fused-ring (bicyclic) bond motifs is 1. The number of benzene rings is 1. The Bertz CT molecular complexity index is 1410. The van der Waals surface area contributed by atoms with Crippen molar-refractivity contribution in [3.8, 4) is 0 Å². The summed E-state index contributed by atoms with van der Waals surface area (Å²) in [6, 6.07) is 1.83. The minimum absolute atomic E-state index is 0.00862. The molecular formula is C29H32F3N5O4S. The molecule has 2 aromatic rings. The Morgan fingerprint density at radius 1 is 1.29 bits per heavy atom. The number of hydrogen-bond acceptors (Lipinski definition) is 10. The minimum atomic E-state index is -3.12. The third-order valence-electron chi connectivity index (χ3n) is 7.70. The van der Waals surface area contributed by atoms with Crippen molar-refractivity contribution >= 4 is 29.1 Å². The third kappa shape index (κ3) is 5.86. The van der Waals surface area contributed by atoms with E-state index in [1.165, 1.54) is 28.4 Å². The van der Waals surface area contributed by atoms with Crippen LogP contribution in [0.3, 0.4) is 0 Å². The van der Waals surface area contributed by atoms with Crippen molar-refractivity contribution in [3.05, 3.63) is 75.7 Å². The van der Waals surface area contributed by atoms with Crippen molar-refractivity contribution < 1.29 is 32.2 Å². The van der Waals surface area contributed by atoms with E-state index in [0.717, 1.165) is 0 Å². The molecule has 0 saturated carbocycles. The number of likely N-dealkylation sites (tertiary alicyclic amines) is 2. The first-order valence-electron chi connectivity index (χ1n) is 13.7. The molecule has 1 aromatic carbocycles. The number of carbonyl (C=O) groups is 2. The van der Waals surface area contributed by atoms with E-state index in [4.69, 9.17) is 14.5 Å². The number of aromatic nitrogens is 1. The van der Waals surface area contributed by atoms with Gasteiger partial charge >= 0.3 is 11.9 Å². The molecule has 0 unspecified atom stereocenters. The number of ether oxygens (including phenoxy) is 2. The predicted octanol–water partition coefficient (Wildman–Crippen LogP) is 3.62. The zero-order valence-electron chi connectivity index (χ0n) is 23.3. The third-order valence-corrected chi connectivity index (χ3v) is 8.48. The Kier molecular flexibility index (Phi) is 8.81. The van der Waals surface area contributed by atoms with Crippen LogP contribution < -0.4 is 5.32 Å². The molecule has 0 aliphatic carbocycles. The van der Waals surface area contributed by atoms with Crippen molar-refractivity contribution in [3.63, 3.8) is 0 Å². The lowest BCUT2D eigenvalue weighted by molar-refractivity contribution is -0.145. The fourth-order valence-corrected chi connectivity index (χ4v) is 6.52. The lowest BCUT2D eigenvalue weighted by Gasteiger charge is -2.31. The first kappa shape index (κ1) is 29.9. The minimum Gasteiger partial charge on any atom is -0.463 e. The van der Waals surface area contributed by atoms with Crippen molar-refractivity contribution in [2.75, 3.05) is 39.4 Å². The molecule has 1 N–H and O–H groups in total. The Morgan fingerprint density at radius 3 is 2.81 bits per heavy atom. The van der Waals surface area contributed by atoms with Crippen LogP contribution in [0.5, 0.6) is 0 Å². The summed E-state index contributed by atoms with van der Waals surface area (Å²) in [7, 11) is 0. The summed E-state index contributed by atoms with van der Waals surface area (Å²) in [6.07, 6.45) is 3.43. The molecule has 0 amide bonds. The average molecular weight is 604 g/mol. The van der Waals surface area contributed by atoms with Crippen LogP contribution in [-0.2, 0) is 19.1 Å². The molecule has 5 rings (SSSR count). The topological polar surface area (TPSA) is 96.4 Å². The number of carbonyl (C=O) groups excluding carboxylic acids is 2. The Labute approximate surface area is 245 Å². The fourth-order valence-electron chi connectivity index (χ4n) is 5.93. The van der Waals surface area contributed by atoms with Crippen molar-refractivity contribution in [1.29, 1.82) is 0 Å². The van der Waals surface area contributed by atoms with Gasteiger partial charge in [-0.05, 0) is 37.5 Å². The van der Waals surface area contributed by atoms with Crippen LogP contribution in [-0.4, -0.2) is 90.0 Å². The van der Waals surface area contributed by atoms with Gasteiger partial charge in [-0.2, -0.15) is 0 Å². The van der Waals surface area contributed by atoms with E-state index in [1.807, 2.05) is 0 Å². The molecule has 4 heterocycles. The highest BCUT2D eigenvalue weighted by atomic mass is 32.1. The van der Waals surface area contributed by atoms with Gasteiger partial charge in [0, 0.05) is 36.4 Å². The number of esters is 2. The number of alkyl halides is 2. The fraction of sp³-hybridized carbons (Fsp3) is 0.448. The van der Waals surface area contributed by atoms with Crippen LogP contribution >= 0.6 is 11.3 Å². The molecule has 0 spiro atoms. The predicted molar refractivity (Wildman–Crippen MR) is 151 cm³/mol. The van der Waals surface area contributed by atoms with Crippen LogP contribution in [0.15, 0.2) is 58.7 Å². The van der Waals surface area contributed by atoms with Crippen molar-refractivity contribution in [1.82, 2.24) is 20.1 Å². The first-order chi connectivity index (χ1) is 20.1. The molecule has 3 aliphatic rings. The number of thiazole rings is 1. The molecule has 3 atom stereocenters. The molecule has 13 heteroatoms. The monoisotopic (exact) mass is 603 g/mol. The molecule has 0 bridgehead atoms. The second-order valence-corrected chi connectivity index (χ2v) is 11.2. The van der Waals surface area contributed by atoms with Gasteiger partial charge in [0.25, 0.3) is 5.92 Å². The number of rotatable bonds is 10. The van der Waals surface area contributed by atoms with Gasteiger partial charge in [-0.15, -0.1) is 11.3 Å². The van der Waals surface area contributed by atoms with Crippen LogP contribution in [0, 0.1) is 12.7 Å². The van der Waals surface area contributed by atoms with Crippen LogP contribution in [0.2, 0.25) is 0 Å². The maximum absolute atomic E-state index is 15.5. The number of nitrogens with one attached hydrogen (secondary N) is 1. The highest BCUT2D eigenvalue weighted by Crippen LogP contribution is 2.43. The van der Waals surface area contributed by atoms with E-state index >= 15 is 8.78 Å². The lowest BCUT2D eigenvalue weighted by atomic mass is 9.92. The van der Waals surface area contributed by atoms with Crippen LogP contribution in [0.1, 0.15) is 35.5 Å². The largest absolute Gasteiger partial charge is 0.463 e. The van der Waals surface area contributed by atoms with Gasteiger partial charge in [-0.1, -0.05) is 24.8 Å². The quantitative estimate of drug-likeness (QED) is 0.325. The zero-order valence-corrected chi connectivity index (χ0v) is 24.1. The van der Waals surface area contributed by atoms with Crippen molar-refractivity contribution in [2.24, 2.45) is 4.99 Å². The van der Waals surface area contributed by atoms with E-state index in [-0.39, 0.29) is 31.9 Å². The molecular weight excluding hydrogens is 571 g/mol. The number of halogens is 3. The van der Waals surface area contributed by atoms with Gasteiger partial charge in [0.2, 0.25) is 0 Å². The number of aliphatic imine (C=N–C) groups is 1. The van der Waals surface area contributed by atoms with Gasteiger partial charge < -0.3 is 14.8 Å². The summed E-state index contributed by atoms with van der Waals surface area (Å²) in [6.45, 7) is 6.27. The SMILES string of the molecule is C=CCOC(=O)CN1CC[C@@H]2[C@H]1C(F)(F)CN2CC1=C(C(=O)OCC)[C@H](c2cccc(F)c2C)N=C(c2nccs2)N1. The summed E-state index contributed by atoms with van der Waals surface area (Å²) < 4.78 is 56.2. The van der Waals surface area contributed by atoms with E-state index in [0.29, 0.717) is 40.6 Å². The van der Waals surface area contributed by atoms with Gasteiger partial charge in [0.1, 0.15) is 18.5 Å². The standard InChI is InChI=1S/C29H32F3N5O4S/c1-4-12-41-22(38)15-36-11-9-21-25(36)29(31,32)16-37(21)14-20-23(28(39)40-5-2)24(18-7-6-8-19(30)17(18)3)35-26(34-20)27-33-10-13-42-27/h4,6-8,10,13,21,24-25H,1,5,9,11-12,14-16H2,2-3H3,(H,34,35)/t21-,24+,25+/m1/s1. The Morgan fingerprint density at radius 2 is 2.10 bits per heavy atom. The number of hydrogen-bond donors (Lipinski definition) is 1.